The van der Waals surface area contributed by atoms with Gasteiger partial charge < -0.3 is 15.6 Å². The van der Waals surface area contributed by atoms with Gasteiger partial charge in [0.15, 0.2) is 0 Å². The highest BCUT2D eigenvalue weighted by Gasteiger charge is 2.34. The molecule has 3 unspecified atom stereocenters. The maximum absolute atomic E-state index is 12.0. The van der Waals surface area contributed by atoms with Gasteiger partial charge in [0.05, 0.1) is 0 Å². The number of hydrogen-bond acceptors (Lipinski definition) is 7. The summed E-state index contributed by atoms with van der Waals surface area (Å²) in [6.07, 6.45) is -0.413. The van der Waals surface area contributed by atoms with Crippen LogP contribution in [0.25, 0.3) is 0 Å². The number of ether oxygens (including phenoxy) is 1. The number of thioether (sulfide) groups is 1. The Bertz CT molecular complexity index is 361. The molecule has 1 rings (SSSR count). The van der Waals surface area contributed by atoms with Crippen molar-refractivity contribution in [1.29, 1.82) is 0 Å². The monoisotopic (exact) mass is 319 g/mol. The summed E-state index contributed by atoms with van der Waals surface area (Å²) in [6.45, 7) is 4.59. The second-order valence-electron chi connectivity index (χ2n) is 5.37. The zero-order valence-corrected chi connectivity index (χ0v) is 13.3. The predicted molar refractivity (Wildman–Crippen MR) is 81.2 cm³/mol. The Hall–Kier alpha value is -0.670. The van der Waals surface area contributed by atoms with Gasteiger partial charge in [0.1, 0.15) is 12.2 Å². The number of hydrazine groups is 1. The van der Waals surface area contributed by atoms with Crippen LogP contribution in [0.1, 0.15) is 33.1 Å². The van der Waals surface area contributed by atoms with Crippen LogP contribution >= 0.6 is 11.8 Å². The SMILES string of the molecule is CC(C)SCCC(N)C(O)C(=O)N(N)C(=O)C1CCCO1. The predicted octanol–water partition coefficient (Wildman–Crippen LogP) is -0.386. The summed E-state index contributed by atoms with van der Waals surface area (Å²) in [7, 11) is 0. The summed E-state index contributed by atoms with van der Waals surface area (Å²) in [6, 6.07) is -0.743. The molecule has 1 fully saturated rings. The molecule has 0 aromatic rings. The quantitative estimate of drug-likeness (QED) is 0.332. The van der Waals surface area contributed by atoms with Crippen molar-refractivity contribution >= 4 is 23.6 Å². The Kier molecular flexibility index (Phi) is 7.61. The van der Waals surface area contributed by atoms with Crippen molar-refractivity contribution in [3.63, 3.8) is 0 Å². The molecule has 0 bridgehead atoms. The van der Waals surface area contributed by atoms with Gasteiger partial charge in [-0.25, -0.2) is 10.9 Å². The molecule has 3 atom stereocenters. The van der Waals surface area contributed by atoms with Crippen molar-refractivity contribution in [2.75, 3.05) is 12.4 Å². The number of carbonyl (C=O) groups is 2. The first-order valence-corrected chi connectivity index (χ1v) is 8.18. The molecule has 0 saturated carbocycles. The number of nitrogens with zero attached hydrogens (tertiary/aromatic N) is 1. The first kappa shape index (κ1) is 18.4. The van der Waals surface area contributed by atoms with Gasteiger partial charge in [0.25, 0.3) is 11.8 Å². The van der Waals surface area contributed by atoms with Crippen molar-refractivity contribution in [3.05, 3.63) is 0 Å². The fraction of sp³-hybridized carbons (Fsp3) is 0.846. The van der Waals surface area contributed by atoms with Crippen LogP contribution in [0.5, 0.6) is 0 Å². The third kappa shape index (κ3) is 5.55. The molecule has 21 heavy (non-hydrogen) atoms. The first-order chi connectivity index (χ1) is 9.84. The van der Waals surface area contributed by atoms with E-state index in [1.54, 1.807) is 11.8 Å². The van der Waals surface area contributed by atoms with Gasteiger partial charge in [-0.1, -0.05) is 13.8 Å². The molecule has 1 aliphatic heterocycles. The number of imide groups is 1. The molecule has 7 nitrogen and oxygen atoms in total. The summed E-state index contributed by atoms with van der Waals surface area (Å²) < 4.78 is 5.18. The van der Waals surface area contributed by atoms with Crippen LogP contribution in [0, 0.1) is 0 Å². The van der Waals surface area contributed by atoms with Crippen molar-refractivity contribution in [1.82, 2.24) is 5.01 Å². The molecule has 1 aliphatic rings. The maximum Gasteiger partial charge on any atom is 0.274 e. The standard InChI is InChI=1S/C13H25N3O4S/c1-8(2)21-7-5-9(14)11(17)13(19)16(15)12(18)10-4-3-6-20-10/h8-11,17H,3-7,14-15H2,1-2H3. The topological polar surface area (TPSA) is 119 Å². The van der Waals surface area contributed by atoms with Gasteiger partial charge in [0, 0.05) is 12.6 Å². The number of rotatable bonds is 7. The van der Waals surface area contributed by atoms with E-state index in [9.17, 15) is 14.7 Å². The van der Waals surface area contributed by atoms with Crippen molar-refractivity contribution < 1.29 is 19.4 Å². The number of hydrogen-bond donors (Lipinski definition) is 3. The summed E-state index contributed by atoms with van der Waals surface area (Å²) in [5, 5.41) is 10.8. The van der Waals surface area contributed by atoms with Gasteiger partial charge in [-0.05, 0) is 30.3 Å². The molecular formula is C13H25N3O4S. The van der Waals surface area contributed by atoms with Gasteiger partial charge >= 0.3 is 0 Å². The normalized spacial score (nSPS) is 21.3. The van der Waals surface area contributed by atoms with E-state index >= 15 is 0 Å². The number of amides is 2. The molecule has 0 radical (unpaired) electrons. The van der Waals surface area contributed by atoms with Crippen LogP contribution in [0.15, 0.2) is 0 Å². The molecule has 0 aromatic carbocycles. The Labute approximate surface area is 129 Å². The van der Waals surface area contributed by atoms with Gasteiger partial charge in [-0.15, -0.1) is 0 Å². The van der Waals surface area contributed by atoms with Crippen LogP contribution < -0.4 is 11.6 Å². The van der Waals surface area contributed by atoms with E-state index in [1.165, 1.54) is 0 Å². The largest absolute Gasteiger partial charge is 0.382 e. The minimum Gasteiger partial charge on any atom is -0.382 e. The summed E-state index contributed by atoms with van der Waals surface area (Å²) in [5.74, 6) is 4.72. The van der Waals surface area contributed by atoms with Crippen molar-refractivity contribution in [2.45, 2.75) is 56.6 Å². The van der Waals surface area contributed by atoms with E-state index in [0.717, 1.165) is 12.2 Å². The third-order valence-electron chi connectivity index (χ3n) is 3.24. The van der Waals surface area contributed by atoms with Crippen LogP contribution in [0.3, 0.4) is 0 Å². The molecule has 1 heterocycles. The zero-order valence-electron chi connectivity index (χ0n) is 12.5. The summed E-state index contributed by atoms with van der Waals surface area (Å²) in [5.41, 5.74) is 5.79. The molecule has 8 heteroatoms. The van der Waals surface area contributed by atoms with Crippen molar-refractivity contribution in [3.8, 4) is 0 Å². The fourth-order valence-electron chi connectivity index (χ4n) is 1.96. The van der Waals surface area contributed by atoms with E-state index in [0.29, 0.717) is 29.7 Å². The minimum absolute atomic E-state index is 0.441. The Morgan fingerprint density at radius 2 is 2.14 bits per heavy atom. The van der Waals surface area contributed by atoms with E-state index in [1.807, 2.05) is 0 Å². The van der Waals surface area contributed by atoms with Crippen LogP contribution in [-0.4, -0.2) is 57.8 Å². The van der Waals surface area contributed by atoms with Gasteiger partial charge in [-0.3, -0.25) is 9.59 Å². The highest BCUT2D eigenvalue weighted by Crippen LogP contribution is 2.15. The van der Waals surface area contributed by atoms with Crippen LogP contribution in [0.2, 0.25) is 0 Å². The van der Waals surface area contributed by atoms with E-state index in [-0.39, 0.29) is 0 Å². The second-order valence-corrected chi connectivity index (χ2v) is 7.05. The second kappa shape index (κ2) is 8.70. The molecular weight excluding hydrogens is 294 g/mol. The molecule has 122 valence electrons. The van der Waals surface area contributed by atoms with Gasteiger partial charge in [-0.2, -0.15) is 11.8 Å². The Morgan fingerprint density at radius 1 is 1.48 bits per heavy atom. The molecule has 0 aromatic heterocycles. The lowest BCUT2D eigenvalue weighted by Crippen LogP contribution is -2.55. The maximum atomic E-state index is 12.0. The molecule has 0 spiro atoms. The average molecular weight is 319 g/mol. The summed E-state index contributed by atoms with van der Waals surface area (Å²) >= 11 is 1.69. The number of aliphatic hydroxyl groups excluding tert-OH is 1. The van der Waals surface area contributed by atoms with Crippen LogP contribution in [0.4, 0.5) is 0 Å². The van der Waals surface area contributed by atoms with E-state index in [4.69, 9.17) is 16.3 Å². The number of nitrogens with two attached hydrogens (primary N) is 2. The lowest BCUT2D eigenvalue weighted by Gasteiger charge is -2.24. The molecule has 5 N–H and O–H groups in total. The lowest BCUT2D eigenvalue weighted by atomic mass is 10.1. The third-order valence-corrected chi connectivity index (χ3v) is 4.38. The summed E-state index contributed by atoms with van der Waals surface area (Å²) in [4.78, 5) is 23.9. The smallest absolute Gasteiger partial charge is 0.274 e. The Morgan fingerprint density at radius 3 is 2.67 bits per heavy atom. The average Bonchev–Trinajstić information content (AvgIpc) is 2.97. The van der Waals surface area contributed by atoms with E-state index in [2.05, 4.69) is 13.8 Å². The zero-order chi connectivity index (χ0) is 16.0. The van der Waals surface area contributed by atoms with Crippen LogP contribution in [-0.2, 0) is 14.3 Å². The lowest BCUT2D eigenvalue weighted by molar-refractivity contribution is -0.156. The minimum atomic E-state index is -1.48. The first-order valence-electron chi connectivity index (χ1n) is 7.14. The highest BCUT2D eigenvalue weighted by atomic mass is 32.2. The molecule has 2 amide bonds. The Balaban J connectivity index is 2.45. The fourth-order valence-corrected chi connectivity index (χ4v) is 2.84. The number of carbonyl (C=O) groups excluding carboxylic acids is 2. The van der Waals surface area contributed by atoms with Gasteiger partial charge in [0.2, 0.25) is 0 Å². The molecule has 0 aliphatic carbocycles. The van der Waals surface area contributed by atoms with Crippen molar-refractivity contribution in [2.24, 2.45) is 11.6 Å². The number of aliphatic hydroxyl groups is 1. The molecule has 1 saturated heterocycles. The van der Waals surface area contributed by atoms with E-state index < -0.39 is 30.1 Å². The highest BCUT2D eigenvalue weighted by molar-refractivity contribution is 7.99.